The zero-order valence-electron chi connectivity index (χ0n) is 22.4. The molecule has 0 amide bonds. The number of benzene rings is 3. The molecule has 0 aromatic heterocycles. The first-order valence-electron chi connectivity index (χ1n) is 13.4. The lowest BCUT2D eigenvalue weighted by Crippen LogP contribution is -2.02. The Morgan fingerprint density at radius 1 is 0.622 bits per heavy atom. The molecule has 0 atom stereocenters. The Balaban J connectivity index is 0.000000312. The molecule has 0 saturated heterocycles. The van der Waals surface area contributed by atoms with Crippen molar-refractivity contribution in [2.75, 3.05) is 6.61 Å². The lowest BCUT2D eigenvalue weighted by Gasteiger charge is -2.04. The molecule has 0 bridgehead atoms. The maximum Gasteiger partial charge on any atom is 0.501 e. The van der Waals surface area contributed by atoms with Gasteiger partial charge in [-0.15, -0.1) is 0 Å². The van der Waals surface area contributed by atoms with Gasteiger partial charge >= 0.3 is 18.8 Å². The Kier molecular flexibility index (Phi) is 14.1. The monoisotopic (exact) mass is 519 g/mol. The summed E-state index contributed by atoms with van der Waals surface area (Å²) in [7, 11) is -2.62. The first-order chi connectivity index (χ1) is 18.0. The molecule has 0 N–H and O–H groups in total. The largest absolute Gasteiger partial charge is 0.501 e. The first kappa shape index (κ1) is 30.1. The number of aryl methyl sites for hydroxylation is 2. The zero-order chi connectivity index (χ0) is 26.9. The van der Waals surface area contributed by atoms with Crippen LogP contribution in [0.25, 0.3) is 0 Å². The van der Waals surface area contributed by atoms with Crippen molar-refractivity contribution in [2.45, 2.75) is 72.1 Å². The highest BCUT2D eigenvalue weighted by Crippen LogP contribution is 2.32. The van der Waals surface area contributed by atoms with E-state index in [-0.39, 0.29) is 0 Å². The number of carbonyl (C=O) groups is 2. The number of para-hydroxylation sites is 1. The molecule has 5 heteroatoms. The highest BCUT2D eigenvalue weighted by atomic mass is 31.1. The van der Waals surface area contributed by atoms with Crippen molar-refractivity contribution in [3.05, 3.63) is 101 Å². The predicted molar refractivity (Wildman–Crippen MR) is 153 cm³/mol. The van der Waals surface area contributed by atoms with Crippen molar-refractivity contribution in [1.82, 2.24) is 0 Å². The maximum absolute atomic E-state index is 12.3. The number of carbonyl (C=O) groups excluding carboxylic acids is 2. The molecule has 0 unspecified atom stereocenters. The molecule has 3 rings (SSSR count). The molecular formula is C32H40O4P+. The van der Waals surface area contributed by atoms with Crippen LogP contribution in [0.3, 0.4) is 0 Å². The molecule has 196 valence electrons. The number of hydrogen-bond acceptors (Lipinski definition) is 4. The van der Waals surface area contributed by atoms with Crippen LogP contribution in [0, 0.1) is 0 Å². The van der Waals surface area contributed by atoms with Crippen LogP contribution in [0.2, 0.25) is 0 Å². The second kappa shape index (κ2) is 17.4. The molecule has 0 aliphatic heterocycles. The average Bonchev–Trinajstić information content (AvgIpc) is 2.94. The van der Waals surface area contributed by atoms with E-state index in [0.29, 0.717) is 11.1 Å². The molecule has 0 fully saturated rings. The SMILES string of the molecule is CCCCCCOc1ccccc1.CCCc1ccc(C(=O)[P+](=O)C(=O)c2ccc(CCC)cc2)cc1. The first-order valence-corrected chi connectivity index (χ1v) is 14.7. The maximum atomic E-state index is 12.3. The molecular weight excluding hydrogens is 479 g/mol. The van der Waals surface area contributed by atoms with E-state index in [1.165, 1.54) is 25.7 Å². The molecule has 3 aromatic carbocycles. The van der Waals surface area contributed by atoms with E-state index < -0.39 is 18.8 Å². The fourth-order valence-corrected chi connectivity index (χ4v) is 4.72. The van der Waals surface area contributed by atoms with Crippen LogP contribution >= 0.6 is 7.80 Å². The van der Waals surface area contributed by atoms with E-state index in [2.05, 4.69) is 20.8 Å². The lowest BCUT2D eigenvalue weighted by molar-refractivity contribution is 0.104. The summed E-state index contributed by atoms with van der Waals surface area (Å²) >= 11 is 0. The molecule has 0 saturated carbocycles. The summed E-state index contributed by atoms with van der Waals surface area (Å²) < 4.78 is 17.9. The van der Waals surface area contributed by atoms with Crippen molar-refractivity contribution in [3.8, 4) is 5.75 Å². The van der Waals surface area contributed by atoms with Crippen LogP contribution in [0.4, 0.5) is 0 Å². The van der Waals surface area contributed by atoms with Crippen LogP contribution < -0.4 is 4.74 Å². The van der Waals surface area contributed by atoms with Gasteiger partial charge in [-0.2, -0.15) is 0 Å². The Bertz CT molecular complexity index is 1030. The second-order valence-corrected chi connectivity index (χ2v) is 10.4. The predicted octanol–water partition coefficient (Wildman–Crippen LogP) is 9.05. The third kappa shape index (κ3) is 10.8. The Morgan fingerprint density at radius 3 is 1.54 bits per heavy atom. The molecule has 3 aromatic rings. The molecule has 0 radical (unpaired) electrons. The third-order valence-electron chi connectivity index (χ3n) is 5.86. The molecule has 4 nitrogen and oxygen atoms in total. The van der Waals surface area contributed by atoms with Crippen LogP contribution in [0.5, 0.6) is 5.75 Å². The van der Waals surface area contributed by atoms with Gasteiger partial charge in [-0.05, 0) is 66.8 Å². The minimum absolute atomic E-state index is 0.326. The van der Waals surface area contributed by atoms with Gasteiger partial charge in [0, 0.05) is 0 Å². The van der Waals surface area contributed by atoms with E-state index >= 15 is 0 Å². The highest BCUT2D eigenvalue weighted by molar-refractivity contribution is 7.80. The average molecular weight is 520 g/mol. The van der Waals surface area contributed by atoms with E-state index in [1.807, 2.05) is 54.6 Å². The summed E-state index contributed by atoms with van der Waals surface area (Å²) in [5.41, 5.74) is 1.70. The summed E-state index contributed by atoms with van der Waals surface area (Å²) in [5, 5.41) is 0. The molecule has 0 aliphatic rings. The number of hydrogen-bond donors (Lipinski definition) is 0. The van der Waals surface area contributed by atoms with E-state index in [9.17, 15) is 14.2 Å². The van der Waals surface area contributed by atoms with E-state index in [1.54, 1.807) is 24.3 Å². The molecule has 0 heterocycles. The van der Waals surface area contributed by atoms with E-state index in [4.69, 9.17) is 4.74 Å². The second-order valence-electron chi connectivity index (χ2n) is 9.02. The number of unbranched alkanes of at least 4 members (excludes halogenated alkanes) is 3. The summed E-state index contributed by atoms with van der Waals surface area (Å²) in [6.45, 7) is 7.24. The van der Waals surface area contributed by atoms with Crippen molar-refractivity contribution in [3.63, 3.8) is 0 Å². The number of ether oxygens (including phenoxy) is 1. The Hall–Kier alpha value is -3.10. The summed E-state index contributed by atoms with van der Waals surface area (Å²) in [6, 6.07) is 24.0. The molecule has 37 heavy (non-hydrogen) atoms. The fraction of sp³-hybridized carbons (Fsp3) is 0.375. The van der Waals surface area contributed by atoms with Gasteiger partial charge in [-0.25, -0.2) is 9.59 Å². The van der Waals surface area contributed by atoms with Crippen LogP contribution in [-0.4, -0.2) is 17.7 Å². The quantitative estimate of drug-likeness (QED) is 0.157. The lowest BCUT2D eigenvalue weighted by atomic mass is 10.1. The topological polar surface area (TPSA) is 60.4 Å². The normalized spacial score (nSPS) is 10.2. The van der Waals surface area contributed by atoms with Gasteiger partial charge in [-0.3, -0.25) is 0 Å². The van der Waals surface area contributed by atoms with Crippen LogP contribution in [0.1, 0.15) is 91.1 Å². The van der Waals surface area contributed by atoms with Crippen molar-refractivity contribution >= 4 is 18.8 Å². The fourth-order valence-electron chi connectivity index (χ4n) is 3.77. The Morgan fingerprint density at radius 2 is 1.11 bits per heavy atom. The van der Waals surface area contributed by atoms with Crippen LogP contribution in [-0.2, 0) is 17.4 Å². The smallest absolute Gasteiger partial charge is 0.494 e. The van der Waals surface area contributed by atoms with Gasteiger partial charge in [0.25, 0.3) is 0 Å². The summed E-state index contributed by atoms with van der Waals surface area (Å²) in [5.74, 6) is 0.985. The van der Waals surface area contributed by atoms with Crippen LogP contribution in [0.15, 0.2) is 78.9 Å². The minimum atomic E-state index is -2.62. The van der Waals surface area contributed by atoms with Crippen molar-refractivity contribution < 1.29 is 18.9 Å². The standard InChI is InChI=1S/C20H22O3P.C12H18O/c1-3-5-15-7-11-17(12-8-15)19(21)24(23)20(22)18-13-9-16(6-4-2)10-14-18;1-2-3-4-8-11-13-12-9-6-5-7-10-12/h7-14H,3-6H2,1-2H3;5-7,9-10H,2-4,8,11H2,1H3/q+1;. The van der Waals surface area contributed by atoms with Gasteiger partial charge < -0.3 is 4.74 Å². The van der Waals surface area contributed by atoms with Crippen molar-refractivity contribution in [1.29, 1.82) is 0 Å². The van der Waals surface area contributed by atoms with E-state index in [0.717, 1.165) is 49.2 Å². The minimum Gasteiger partial charge on any atom is -0.494 e. The van der Waals surface area contributed by atoms with Gasteiger partial charge in [0.05, 0.1) is 17.7 Å². The van der Waals surface area contributed by atoms with Gasteiger partial charge in [0.2, 0.25) is 0 Å². The summed E-state index contributed by atoms with van der Waals surface area (Å²) in [4.78, 5) is 24.6. The number of rotatable bonds is 14. The van der Waals surface area contributed by atoms with Gasteiger partial charge in [0.15, 0.2) is 0 Å². The zero-order valence-corrected chi connectivity index (χ0v) is 23.3. The third-order valence-corrected chi connectivity index (χ3v) is 7.11. The molecule has 0 spiro atoms. The highest BCUT2D eigenvalue weighted by Gasteiger charge is 2.39. The molecule has 0 aliphatic carbocycles. The Labute approximate surface area is 223 Å². The summed E-state index contributed by atoms with van der Waals surface area (Å²) in [6.07, 6.45) is 8.96. The van der Waals surface area contributed by atoms with Gasteiger partial charge in [-0.1, -0.05) is 99.9 Å². The van der Waals surface area contributed by atoms with Gasteiger partial charge in [0.1, 0.15) is 5.75 Å². The van der Waals surface area contributed by atoms with Crippen molar-refractivity contribution in [2.24, 2.45) is 0 Å².